The molecule has 9 heteroatoms. The largest absolute Gasteiger partial charge is 0.495 e. The Morgan fingerprint density at radius 3 is 2.13 bits per heavy atom. The Balaban J connectivity index is 1.48. The Kier molecular flexibility index (Phi) is 9.76. The molecule has 0 spiro atoms. The van der Waals surface area contributed by atoms with Gasteiger partial charge in [0.2, 0.25) is 11.8 Å². The molecule has 1 atom stereocenters. The van der Waals surface area contributed by atoms with Gasteiger partial charge in [-0.2, -0.15) is 0 Å². The first kappa shape index (κ1) is 28.4. The minimum atomic E-state index is -0.567. The summed E-state index contributed by atoms with van der Waals surface area (Å²) in [6.07, 6.45) is 0.239. The van der Waals surface area contributed by atoms with Crippen molar-refractivity contribution in [2.45, 2.75) is 16.6 Å². The second-order valence-corrected chi connectivity index (χ2v) is 10.5. The van der Waals surface area contributed by atoms with Crippen LogP contribution in [0.2, 0.25) is 10.0 Å². The van der Waals surface area contributed by atoms with Gasteiger partial charge >= 0.3 is 0 Å². The number of hydrogen-bond acceptors (Lipinski definition) is 5. The van der Waals surface area contributed by atoms with Crippen molar-refractivity contribution in [1.82, 2.24) is 0 Å². The van der Waals surface area contributed by atoms with Crippen molar-refractivity contribution in [3.05, 3.63) is 112 Å². The Bertz CT molecular complexity index is 1430. The van der Waals surface area contributed by atoms with Gasteiger partial charge in [0.25, 0.3) is 0 Å². The highest BCUT2D eigenvalue weighted by atomic mass is 35.5. The predicted octanol–water partition coefficient (Wildman–Crippen LogP) is 7.66. The van der Waals surface area contributed by atoms with Crippen LogP contribution in [-0.2, 0) is 16.0 Å². The summed E-state index contributed by atoms with van der Waals surface area (Å²) < 4.78 is 10.7. The van der Waals surface area contributed by atoms with Gasteiger partial charge in [-0.3, -0.25) is 9.59 Å². The predicted molar refractivity (Wildman–Crippen MR) is 158 cm³/mol. The van der Waals surface area contributed by atoms with E-state index in [0.717, 1.165) is 16.0 Å². The van der Waals surface area contributed by atoms with Crippen molar-refractivity contribution in [2.24, 2.45) is 0 Å². The number of amides is 2. The molecule has 2 N–H and O–H groups in total. The molecular weight excluding hydrogens is 555 g/mol. The van der Waals surface area contributed by atoms with Crippen molar-refractivity contribution in [3.8, 4) is 11.5 Å². The van der Waals surface area contributed by atoms with E-state index in [0.29, 0.717) is 32.9 Å². The topological polar surface area (TPSA) is 76.7 Å². The highest BCUT2D eigenvalue weighted by molar-refractivity contribution is 8.00. The number of carbonyl (C=O) groups excluding carboxylic acids is 2. The van der Waals surface area contributed by atoms with E-state index < -0.39 is 5.25 Å². The van der Waals surface area contributed by atoms with Crippen molar-refractivity contribution in [2.75, 3.05) is 24.9 Å². The van der Waals surface area contributed by atoms with Crippen LogP contribution in [0.15, 0.2) is 95.9 Å². The van der Waals surface area contributed by atoms with Crippen LogP contribution in [0.1, 0.15) is 16.4 Å². The van der Waals surface area contributed by atoms with Crippen LogP contribution in [0.3, 0.4) is 0 Å². The second-order valence-electron chi connectivity index (χ2n) is 8.46. The fourth-order valence-electron chi connectivity index (χ4n) is 3.80. The first-order chi connectivity index (χ1) is 18.9. The van der Waals surface area contributed by atoms with Gasteiger partial charge in [0.05, 0.1) is 31.4 Å². The van der Waals surface area contributed by atoms with Gasteiger partial charge in [-0.15, -0.1) is 11.8 Å². The van der Waals surface area contributed by atoms with Crippen molar-refractivity contribution >= 4 is 58.2 Å². The molecule has 2 amide bonds. The summed E-state index contributed by atoms with van der Waals surface area (Å²) in [5.41, 5.74) is 2.81. The third-order valence-corrected chi connectivity index (χ3v) is 7.56. The second kappa shape index (κ2) is 13.4. The Labute approximate surface area is 241 Å². The zero-order valence-electron chi connectivity index (χ0n) is 21.2. The van der Waals surface area contributed by atoms with Crippen LogP contribution in [0.4, 0.5) is 11.4 Å². The average molecular weight is 582 g/mol. The number of methoxy groups -OCH3 is 2. The molecule has 4 aromatic carbocycles. The van der Waals surface area contributed by atoms with Gasteiger partial charge in [-0.05, 0) is 53.6 Å². The van der Waals surface area contributed by atoms with Crippen LogP contribution >= 0.6 is 35.0 Å². The Hall–Kier alpha value is -3.65. The maximum absolute atomic E-state index is 13.5. The fraction of sp³-hybridized carbons (Fsp3) is 0.133. The van der Waals surface area contributed by atoms with Gasteiger partial charge in [0.15, 0.2) is 0 Å². The molecule has 200 valence electrons. The van der Waals surface area contributed by atoms with E-state index in [1.807, 2.05) is 66.7 Å². The summed E-state index contributed by atoms with van der Waals surface area (Å²) in [7, 11) is 3.02. The molecular formula is C30H26Cl2N2O4S. The summed E-state index contributed by atoms with van der Waals surface area (Å²) in [5, 5.41) is 6.26. The number of benzene rings is 4. The maximum Gasteiger partial charge on any atom is 0.242 e. The molecule has 6 nitrogen and oxygen atoms in total. The number of hydrogen-bond donors (Lipinski definition) is 2. The van der Waals surface area contributed by atoms with Crippen molar-refractivity contribution in [3.63, 3.8) is 0 Å². The molecule has 4 rings (SSSR count). The number of anilines is 2. The molecule has 0 saturated carbocycles. The van der Waals surface area contributed by atoms with Gasteiger partial charge in [-0.25, -0.2) is 0 Å². The molecule has 0 aliphatic carbocycles. The monoisotopic (exact) mass is 580 g/mol. The van der Waals surface area contributed by atoms with Crippen LogP contribution in [-0.4, -0.2) is 26.0 Å². The van der Waals surface area contributed by atoms with Crippen LogP contribution < -0.4 is 20.1 Å². The van der Waals surface area contributed by atoms with Gasteiger partial charge in [0.1, 0.15) is 16.7 Å². The number of ether oxygens (including phenoxy) is 2. The van der Waals surface area contributed by atoms with E-state index in [2.05, 4.69) is 10.6 Å². The molecule has 39 heavy (non-hydrogen) atoms. The minimum absolute atomic E-state index is 0.133. The Morgan fingerprint density at radius 1 is 0.821 bits per heavy atom. The number of thioether (sulfide) groups is 1. The van der Waals surface area contributed by atoms with E-state index in [4.69, 9.17) is 32.7 Å². The van der Waals surface area contributed by atoms with E-state index in [1.54, 1.807) is 24.3 Å². The molecule has 1 unspecified atom stereocenters. The summed E-state index contributed by atoms with van der Waals surface area (Å²) in [4.78, 5) is 26.9. The summed E-state index contributed by atoms with van der Waals surface area (Å²) in [5.74, 6) is 0.499. The minimum Gasteiger partial charge on any atom is -0.495 e. The smallest absolute Gasteiger partial charge is 0.242 e. The quantitative estimate of drug-likeness (QED) is 0.188. The van der Waals surface area contributed by atoms with Crippen LogP contribution in [0.25, 0.3) is 0 Å². The van der Waals surface area contributed by atoms with Crippen molar-refractivity contribution in [1.29, 1.82) is 0 Å². The van der Waals surface area contributed by atoms with E-state index >= 15 is 0 Å². The van der Waals surface area contributed by atoms with Gasteiger partial charge in [0, 0.05) is 21.7 Å². The van der Waals surface area contributed by atoms with Gasteiger partial charge in [-0.1, -0.05) is 65.7 Å². The first-order valence-corrected chi connectivity index (χ1v) is 13.6. The lowest BCUT2D eigenvalue weighted by Gasteiger charge is -2.19. The fourth-order valence-corrected chi connectivity index (χ4v) is 5.19. The van der Waals surface area contributed by atoms with E-state index in [1.165, 1.54) is 26.0 Å². The zero-order chi connectivity index (χ0) is 27.8. The van der Waals surface area contributed by atoms with Gasteiger partial charge < -0.3 is 20.1 Å². The lowest BCUT2D eigenvalue weighted by atomic mass is 10.1. The highest BCUT2D eigenvalue weighted by Gasteiger charge is 2.24. The SMILES string of the molecule is COc1cc(OC)c(NC(=O)C(Sc2ccc(NC(=O)Cc3ccc(Cl)cc3)cc2)c2ccccc2)cc1Cl. The first-order valence-electron chi connectivity index (χ1n) is 11.9. The molecule has 0 saturated heterocycles. The summed E-state index contributed by atoms with van der Waals surface area (Å²) >= 11 is 13.6. The number of nitrogens with one attached hydrogen (secondary N) is 2. The number of carbonyl (C=O) groups is 2. The molecule has 0 aliphatic rings. The van der Waals surface area contributed by atoms with E-state index in [9.17, 15) is 9.59 Å². The normalized spacial score (nSPS) is 11.4. The average Bonchev–Trinajstić information content (AvgIpc) is 2.94. The third-order valence-electron chi connectivity index (χ3n) is 5.74. The molecule has 4 aromatic rings. The number of rotatable bonds is 10. The molecule has 0 heterocycles. The molecule has 0 aromatic heterocycles. The number of halogens is 2. The summed E-state index contributed by atoms with van der Waals surface area (Å²) in [6, 6.07) is 27.3. The summed E-state index contributed by atoms with van der Waals surface area (Å²) in [6.45, 7) is 0. The lowest BCUT2D eigenvalue weighted by molar-refractivity contribution is -0.116. The lowest BCUT2D eigenvalue weighted by Crippen LogP contribution is -2.19. The molecule has 0 radical (unpaired) electrons. The van der Waals surface area contributed by atoms with Crippen molar-refractivity contribution < 1.29 is 19.1 Å². The van der Waals surface area contributed by atoms with Crippen LogP contribution in [0, 0.1) is 0 Å². The standard InChI is InChI=1S/C30H26Cl2N2O4S/c1-37-26-18-27(38-2)25(17-24(26)32)34-30(36)29(20-6-4-3-5-7-20)39-23-14-12-22(13-15-23)33-28(35)16-19-8-10-21(31)11-9-19/h3-15,17-18,29H,16H2,1-2H3,(H,33,35)(H,34,36). The maximum atomic E-state index is 13.5. The Morgan fingerprint density at radius 2 is 1.49 bits per heavy atom. The molecule has 0 bridgehead atoms. The third kappa shape index (κ3) is 7.69. The zero-order valence-corrected chi connectivity index (χ0v) is 23.6. The van der Waals surface area contributed by atoms with Crippen LogP contribution in [0.5, 0.6) is 11.5 Å². The van der Waals surface area contributed by atoms with E-state index in [-0.39, 0.29) is 18.2 Å². The molecule has 0 aliphatic heterocycles. The molecule has 0 fully saturated rings. The highest BCUT2D eigenvalue weighted by Crippen LogP contribution is 2.40.